The quantitative estimate of drug-likeness (QED) is 0.786. The van der Waals surface area contributed by atoms with Crippen LogP contribution >= 0.6 is 0 Å². The van der Waals surface area contributed by atoms with Crippen molar-refractivity contribution in [1.29, 1.82) is 0 Å². The molecule has 6 heteroatoms. The fourth-order valence-corrected chi connectivity index (χ4v) is 3.60. The molecule has 6 nitrogen and oxygen atoms in total. The largest absolute Gasteiger partial charge is 0.369 e. The predicted octanol–water partition coefficient (Wildman–Crippen LogP) is 2.29. The number of anilines is 1. The highest BCUT2D eigenvalue weighted by Gasteiger charge is 2.18. The predicted molar refractivity (Wildman–Crippen MR) is 109 cm³/mol. The molecule has 146 valence electrons. The molecule has 0 aliphatic carbocycles. The van der Waals surface area contributed by atoms with Gasteiger partial charge in [-0.05, 0) is 44.5 Å². The number of aromatic amines is 1. The maximum atomic E-state index is 12.2. The van der Waals surface area contributed by atoms with E-state index in [0.29, 0.717) is 6.42 Å². The maximum Gasteiger partial charge on any atom is 0.221 e. The second-order valence-corrected chi connectivity index (χ2v) is 7.63. The van der Waals surface area contributed by atoms with Gasteiger partial charge in [-0.25, -0.2) is 0 Å². The fourth-order valence-electron chi connectivity index (χ4n) is 3.60. The van der Waals surface area contributed by atoms with Crippen molar-refractivity contribution in [2.45, 2.75) is 39.7 Å². The van der Waals surface area contributed by atoms with Gasteiger partial charge in [0.05, 0.1) is 5.69 Å². The molecule has 2 heterocycles. The second-order valence-electron chi connectivity index (χ2n) is 7.63. The van der Waals surface area contributed by atoms with Gasteiger partial charge >= 0.3 is 0 Å². The Kier molecular flexibility index (Phi) is 6.50. The van der Waals surface area contributed by atoms with Crippen LogP contribution < -0.4 is 10.2 Å². The first-order valence-electron chi connectivity index (χ1n) is 9.84. The number of aryl methyl sites for hydroxylation is 2. The molecule has 3 rings (SSSR count). The van der Waals surface area contributed by atoms with Crippen molar-refractivity contribution in [2.75, 3.05) is 37.6 Å². The van der Waals surface area contributed by atoms with Crippen molar-refractivity contribution < 1.29 is 4.79 Å². The molecule has 1 aliphatic rings. The van der Waals surface area contributed by atoms with Crippen LogP contribution in [0.25, 0.3) is 0 Å². The van der Waals surface area contributed by atoms with Gasteiger partial charge < -0.3 is 10.2 Å². The number of benzene rings is 1. The molecule has 1 aliphatic heterocycles. The van der Waals surface area contributed by atoms with Crippen LogP contribution in [0.3, 0.4) is 0 Å². The zero-order chi connectivity index (χ0) is 19.2. The Bertz CT molecular complexity index is 749. The summed E-state index contributed by atoms with van der Waals surface area (Å²) in [6.07, 6.45) is 1.31. The molecule has 27 heavy (non-hydrogen) atoms. The molecule has 2 aromatic rings. The number of hydrogen-bond acceptors (Lipinski definition) is 4. The molecule has 1 saturated heterocycles. The van der Waals surface area contributed by atoms with E-state index in [1.54, 1.807) is 0 Å². The van der Waals surface area contributed by atoms with Crippen LogP contribution in [0.5, 0.6) is 0 Å². The number of rotatable bonds is 7. The molecule has 0 unspecified atom stereocenters. The van der Waals surface area contributed by atoms with Crippen LogP contribution in [0.15, 0.2) is 30.3 Å². The summed E-state index contributed by atoms with van der Waals surface area (Å²) in [7, 11) is 0. The summed E-state index contributed by atoms with van der Waals surface area (Å²) < 4.78 is 0. The Morgan fingerprint density at radius 1 is 1.22 bits per heavy atom. The van der Waals surface area contributed by atoms with Gasteiger partial charge in [-0.3, -0.25) is 14.8 Å². The Labute approximate surface area is 161 Å². The molecule has 1 fully saturated rings. The monoisotopic (exact) mass is 369 g/mol. The minimum absolute atomic E-state index is 0.0957. The third kappa shape index (κ3) is 5.82. The smallest absolute Gasteiger partial charge is 0.221 e. The van der Waals surface area contributed by atoms with Crippen molar-refractivity contribution in [3.63, 3.8) is 0 Å². The first-order chi connectivity index (χ1) is 13.0. The third-order valence-corrected chi connectivity index (χ3v) is 5.08. The average Bonchev–Trinajstić information content (AvgIpc) is 3.05. The van der Waals surface area contributed by atoms with Crippen LogP contribution in [0.2, 0.25) is 0 Å². The van der Waals surface area contributed by atoms with Gasteiger partial charge in [-0.15, -0.1) is 0 Å². The first kappa shape index (κ1) is 19.4. The minimum Gasteiger partial charge on any atom is -0.369 e. The lowest BCUT2D eigenvalue weighted by atomic mass is 10.1. The molecule has 0 bridgehead atoms. The number of carbonyl (C=O) groups is 1. The lowest BCUT2D eigenvalue weighted by Crippen LogP contribution is -2.47. The van der Waals surface area contributed by atoms with E-state index in [-0.39, 0.29) is 11.9 Å². The van der Waals surface area contributed by atoms with E-state index in [1.807, 2.05) is 19.9 Å². The van der Waals surface area contributed by atoms with Gasteiger partial charge in [0.25, 0.3) is 0 Å². The van der Waals surface area contributed by atoms with Gasteiger partial charge in [-0.2, -0.15) is 5.10 Å². The number of H-pyrrole nitrogens is 1. The Balaban J connectivity index is 1.36. The summed E-state index contributed by atoms with van der Waals surface area (Å²) in [4.78, 5) is 17.0. The zero-order valence-corrected chi connectivity index (χ0v) is 16.7. The second kappa shape index (κ2) is 9.04. The Hall–Kier alpha value is -2.34. The summed E-state index contributed by atoms with van der Waals surface area (Å²) in [5.41, 5.74) is 4.64. The normalized spacial score (nSPS) is 16.3. The maximum absolute atomic E-state index is 12.2. The highest BCUT2D eigenvalue weighted by atomic mass is 16.1. The van der Waals surface area contributed by atoms with E-state index in [1.165, 1.54) is 11.3 Å². The number of piperazine rings is 1. The summed E-state index contributed by atoms with van der Waals surface area (Å²) in [6.45, 7) is 11.0. The van der Waals surface area contributed by atoms with Crippen LogP contribution in [0, 0.1) is 13.8 Å². The molecule has 0 spiro atoms. The average molecular weight is 370 g/mol. The summed E-state index contributed by atoms with van der Waals surface area (Å²) in [6, 6.07) is 10.8. The molecular formula is C21H31N5O. The summed E-state index contributed by atoms with van der Waals surface area (Å²) >= 11 is 0. The van der Waals surface area contributed by atoms with Crippen molar-refractivity contribution in [3.8, 4) is 0 Å². The van der Waals surface area contributed by atoms with E-state index >= 15 is 0 Å². The lowest BCUT2D eigenvalue weighted by molar-refractivity contribution is -0.122. The number of carbonyl (C=O) groups excluding carboxylic acids is 1. The SMILES string of the molecule is Cc1cccc(N2CCN(CCC(=O)N[C@H](C)Cc3cc(C)[nH]n3)CC2)c1. The van der Waals surface area contributed by atoms with Crippen LogP contribution in [0.1, 0.15) is 30.3 Å². The number of aromatic nitrogens is 2. The molecule has 0 radical (unpaired) electrons. The standard InChI is InChI=1S/C21H31N5O/c1-16-5-4-6-20(13-16)26-11-9-25(10-12-26)8-7-21(27)22-17(2)14-19-15-18(3)23-24-19/h4-6,13,15,17H,7-12,14H2,1-3H3,(H,22,27)(H,23,24)/t17-/m1/s1. The lowest BCUT2D eigenvalue weighted by Gasteiger charge is -2.36. The van der Waals surface area contributed by atoms with Gasteiger partial charge in [0.15, 0.2) is 0 Å². The van der Waals surface area contributed by atoms with E-state index in [9.17, 15) is 4.79 Å². The highest BCUT2D eigenvalue weighted by Crippen LogP contribution is 2.17. The molecule has 1 amide bonds. The van der Waals surface area contributed by atoms with Gasteiger partial charge in [0, 0.05) is 63.0 Å². The third-order valence-electron chi connectivity index (χ3n) is 5.08. The van der Waals surface area contributed by atoms with Crippen molar-refractivity contribution >= 4 is 11.6 Å². The topological polar surface area (TPSA) is 64.3 Å². The molecule has 1 atom stereocenters. The Morgan fingerprint density at radius 2 is 2.00 bits per heavy atom. The van der Waals surface area contributed by atoms with E-state index < -0.39 is 0 Å². The molecule has 0 saturated carbocycles. The summed E-state index contributed by atoms with van der Waals surface area (Å²) in [5, 5.41) is 10.3. The van der Waals surface area contributed by atoms with Crippen molar-refractivity contribution in [2.24, 2.45) is 0 Å². The zero-order valence-electron chi connectivity index (χ0n) is 16.7. The number of nitrogens with zero attached hydrogens (tertiary/aromatic N) is 3. The highest BCUT2D eigenvalue weighted by molar-refractivity contribution is 5.76. The van der Waals surface area contributed by atoms with Crippen LogP contribution in [-0.4, -0.2) is 59.8 Å². The molecule has 1 aromatic heterocycles. The van der Waals surface area contributed by atoms with Gasteiger partial charge in [0.2, 0.25) is 5.91 Å². The molecule has 1 aromatic carbocycles. The van der Waals surface area contributed by atoms with E-state index in [0.717, 1.165) is 50.5 Å². The molecule has 2 N–H and O–H groups in total. The van der Waals surface area contributed by atoms with Gasteiger partial charge in [0.1, 0.15) is 0 Å². The van der Waals surface area contributed by atoms with Crippen molar-refractivity contribution in [3.05, 3.63) is 47.3 Å². The first-order valence-corrected chi connectivity index (χ1v) is 9.84. The van der Waals surface area contributed by atoms with Gasteiger partial charge in [-0.1, -0.05) is 12.1 Å². The molecular weight excluding hydrogens is 338 g/mol. The fraction of sp³-hybridized carbons (Fsp3) is 0.524. The van der Waals surface area contributed by atoms with Crippen molar-refractivity contribution in [1.82, 2.24) is 20.4 Å². The van der Waals surface area contributed by atoms with E-state index in [4.69, 9.17) is 0 Å². The Morgan fingerprint density at radius 3 is 2.67 bits per heavy atom. The minimum atomic E-state index is 0.0957. The van der Waals surface area contributed by atoms with Crippen LogP contribution in [0.4, 0.5) is 5.69 Å². The number of nitrogens with one attached hydrogen (secondary N) is 2. The van der Waals surface area contributed by atoms with Crippen LogP contribution in [-0.2, 0) is 11.2 Å². The number of amides is 1. The van der Waals surface area contributed by atoms with E-state index in [2.05, 4.69) is 56.5 Å². The number of hydrogen-bond donors (Lipinski definition) is 2. The summed E-state index contributed by atoms with van der Waals surface area (Å²) in [5.74, 6) is 0.121.